The Morgan fingerprint density at radius 2 is 1.79 bits per heavy atom. The average molecular weight is 420 g/mol. The number of hydrogen-bond donors (Lipinski definition) is 1. The van der Waals surface area contributed by atoms with Crippen LogP contribution >= 0.6 is 0 Å². The number of aryl methyl sites for hydroxylation is 1. The average Bonchev–Trinajstić information content (AvgIpc) is 2.71. The van der Waals surface area contributed by atoms with E-state index in [9.17, 15) is 17.6 Å². The van der Waals surface area contributed by atoms with Crippen LogP contribution < -0.4 is 10.2 Å². The maximum absolute atomic E-state index is 13.2. The highest BCUT2D eigenvalue weighted by atomic mass is 32.2. The third kappa shape index (κ3) is 5.77. The molecule has 0 aliphatic carbocycles. The largest absolute Gasteiger partial charge is 0.369 e. The molecular weight excluding hydrogens is 393 g/mol. The van der Waals surface area contributed by atoms with Gasteiger partial charge in [0, 0.05) is 44.0 Å². The van der Waals surface area contributed by atoms with Crippen LogP contribution in [0.1, 0.15) is 22.3 Å². The summed E-state index contributed by atoms with van der Waals surface area (Å²) >= 11 is 0. The zero-order valence-corrected chi connectivity index (χ0v) is 17.3. The molecule has 0 radical (unpaired) electrons. The maximum atomic E-state index is 13.2. The molecule has 2 aromatic carbocycles. The molecule has 0 saturated carbocycles. The van der Waals surface area contributed by atoms with E-state index in [2.05, 4.69) is 16.3 Å². The normalized spacial score (nSPS) is 15.3. The van der Waals surface area contributed by atoms with E-state index in [0.717, 1.165) is 11.8 Å². The molecule has 0 atom stereocenters. The quantitative estimate of drug-likeness (QED) is 0.700. The van der Waals surface area contributed by atoms with Crippen LogP contribution in [-0.2, 0) is 10.0 Å². The van der Waals surface area contributed by atoms with Gasteiger partial charge in [0.15, 0.2) is 0 Å². The second-order valence-electron chi connectivity index (χ2n) is 7.16. The van der Waals surface area contributed by atoms with Gasteiger partial charge in [0.1, 0.15) is 5.82 Å². The first-order valence-corrected chi connectivity index (χ1v) is 11.3. The van der Waals surface area contributed by atoms with E-state index in [1.807, 2.05) is 25.1 Å². The summed E-state index contributed by atoms with van der Waals surface area (Å²) in [5, 5.41) is 2.64. The summed E-state index contributed by atoms with van der Waals surface area (Å²) in [4.78, 5) is 14.2. The van der Waals surface area contributed by atoms with Gasteiger partial charge < -0.3 is 10.2 Å². The minimum absolute atomic E-state index is 0.0269. The molecule has 1 amide bonds. The molecule has 0 spiro atoms. The lowest BCUT2D eigenvalue weighted by Gasteiger charge is -2.35. The monoisotopic (exact) mass is 419 g/mol. The van der Waals surface area contributed by atoms with Crippen molar-refractivity contribution >= 4 is 21.6 Å². The van der Waals surface area contributed by atoms with Crippen LogP contribution in [0.2, 0.25) is 0 Å². The lowest BCUT2D eigenvalue weighted by atomic mass is 10.2. The molecule has 6 nitrogen and oxygen atoms in total. The fourth-order valence-electron chi connectivity index (χ4n) is 3.37. The number of nitrogens with zero attached hydrogens (tertiary/aromatic N) is 2. The summed E-state index contributed by atoms with van der Waals surface area (Å²) in [6.45, 7) is 4.46. The number of rotatable bonds is 7. The topological polar surface area (TPSA) is 69.7 Å². The van der Waals surface area contributed by atoms with Gasteiger partial charge in [0.05, 0.1) is 5.75 Å². The van der Waals surface area contributed by atoms with E-state index in [0.29, 0.717) is 32.6 Å². The van der Waals surface area contributed by atoms with Crippen LogP contribution in [0, 0.1) is 12.7 Å². The van der Waals surface area contributed by atoms with Crippen LogP contribution in [0.5, 0.6) is 0 Å². The Morgan fingerprint density at radius 1 is 1.07 bits per heavy atom. The van der Waals surface area contributed by atoms with Gasteiger partial charge in [0.2, 0.25) is 10.0 Å². The fraction of sp³-hybridized carbons (Fsp3) is 0.381. The molecule has 0 unspecified atom stereocenters. The van der Waals surface area contributed by atoms with Gasteiger partial charge in [-0.05, 0) is 49.2 Å². The third-order valence-electron chi connectivity index (χ3n) is 4.95. The molecule has 8 heteroatoms. The maximum Gasteiger partial charge on any atom is 0.251 e. The number of benzene rings is 2. The molecule has 1 saturated heterocycles. The predicted molar refractivity (Wildman–Crippen MR) is 112 cm³/mol. The van der Waals surface area contributed by atoms with E-state index in [1.54, 1.807) is 0 Å². The second-order valence-corrected chi connectivity index (χ2v) is 9.25. The first-order valence-electron chi connectivity index (χ1n) is 9.68. The molecule has 1 heterocycles. The Bertz CT molecular complexity index is 957. The number of carbonyl (C=O) groups is 1. The molecule has 0 aromatic heterocycles. The summed E-state index contributed by atoms with van der Waals surface area (Å²) in [6.07, 6.45) is 0.307. The number of amides is 1. The summed E-state index contributed by atoms with van der Waals surface area (Å²) < 4.78 is 39.9. The number of nitrogens with one attached hydrogen (secondary N) is 1. The number of carbonyl (C=O) groups excluding carboxylic acids is 1. The van der Waals surface area contributed by atoms with Gasteiger partial charge in [0.25, 0.3) is 5.91 Å². The Kier molecular flexibility index (Phi) is 6.87. The van der Waals surface area contributed by atoms with Crippen molar-refractivity contribution < 1.29 is 17.6 Å². The SMILES string of the molecule is Cc1cccc(N2CCN(S(=O)(=O)CCCNC(=O)c3cccc(F)c3)CC2)c1. The highest BCUT2D eigenvalue weighted by molar-refractivity contribution is 7.89. The zero-order valence-electron chi connectivity index (χ0n) is 16.5. The highest BCUT2D eigenvalue weighted by Gasteiger charge is 2.26. The van der Waals surface area contributed by atoms with Crippen molar-refractivity contribution in [1.29, 1.82) is 0 Å². The molecule has 0 bridgehead atoms. The second kappa shape index (κ2) is 9.37. The number of anilines is 1. The lowest BCUT2D eigenvalue weighted by molar-refractivity contribution is 0.0953. The lowest BCUT2D eigenvalue weighted by Crippen LogP contribution is -2.49. The standard InChI is InChI=1S/C21H26FN3O3S/c1-17-5-2-8-20(15-17)24-10-12-25(13-11-24)29(27,28)14-4-9-23-21(26)18-6-3-7-19(22)16-18/h2-3,5-8,15-16H,4,9-14H2,1H3,(H,23,26). The molecule has 156 valence electrons. The first kappa shape index (κ1) is 21.3. The van der Waals surface area contributed by atoms with E-state index in [1.165, 1.54) is 28.1 Å². The van der Waals surface area contributed by atoms with Crippen molar-refractivity contribution in [3.05, 3.63) is 65.5 Å². The number of piperazine rings is 1. The van der Waals surface area contributed by atoms with Crippen LogP contribution in [-0.4, -0.2) is 57.1 Å². The third-order valence-corrected chi connectivity index (χ3v) is 6.91. The molecule has 1 N–H and O–H groups in total. The minimum Gasteiger partial charge on any atom is -0.369 e. The fourth-order valence-corrected chi connectivity index (χ4v) is 4.85. The molecular formula is C21H26FN3O3S. The van der Waals surface area contributed by atoms with Gasteiger partial charge in [-0.3, -0.25) is 4.79 Å². The van der Waals surface area contributed by atoms with Gasteiger partial charge in [-0.2, -0.15) is 4.31 Å². The van der Waals surface area contributed by atoms with Crippen LogP contribution in [0.3, 0.4) is 0 Å². The Hall–Kier alpha value is -2.45. The summed E-state index contributed by atoms with van der Waals surface area (Å²) in [5.41, 5.74) is 2.51. The van der Waals surface area contributed by atoms with Crippen molar-refractivity contribution in [3.8, 4) is 0 Å². The van der Waals surface area contributed by atoms with Crippen LogP contribution in [0.15, 0.2) is 48.5 Å². The van der Waals surface area contributed by atoms with Gasteiger partial charge in [-0.1, -0.05) is 18.2 Å². The number of halogens is 1. The van der Waals surface area contributed by atoms with Crippen molar-refractivity contribution in [2.24, 2.45) is 0 Å². The molecule has 1 aliphatic rings. The number of sulfonamides is 1. The Morgan fingerprint density at radius 3 is 2.48 bits per heavy atom. The van der Waals surface area contributed by atoms with Gasteiger partial charge in [-0.15, -0.1) is 0 Å². The van der Waals surface area contributed by atoms with Crippen molar-refractivity contribution in [3.63, 3.8) is 0 Å². The van der Waals surface area contributed by atoms with E-state index >= 15 is 0 Å². The number of hydrogen-bond acceptors (Lipinski definition) is 4. The molecule has 2 aromatic rings. The Balaban J connectivity index is 1.44. The van der Waals surface area contributed by atoms with E-state index < -0.39 is 21.7 Å². The molecule has 1 fully saturated rings. The predicted octanol–water partition coefficient (Wildman–Crippen LogP) is 2.41. The van der Waals surface area contributed by atoms with E-state index in [4.69, 9.17) is 0 Å². The highest BCUT2D eigenvalue weighted by Crippen LogP contribution is 2.19. The first-order chi connectivity index (χ1) is 13.8. The summed E-state index contributed by atoms with van der Waals surface area (Å²) in [5.74, 6) is -0.917. The molecule has 1 aliphatic heterocycles. The molecule has 3 rings (SSSR count). The van der Waals surface area contributed by atoms with Gasteiger partial charge >= 0.3 is 0 Å². The van der Waals surface area contributed by atoms with Crippen molar-refractivity contribution in [2.75, 3.05) is 43.4 Å². The van der Waals surface area contributed by atoms with Crippen molar-refractivity contribution in [2.45, 2.75) is 13.3 Å². The van der Waals surface area contributed by atoms with Crippen LogP contribution in [0.4, 0.5) is 10.1 Å². The smallest absolute Gasteiger partial charge is 0.251 e. The summed E-state index contributed by atoms with van der Waals surface area (Å²) in [7, 11) is -3.37. The minimum atomic E-state index is -3.37. The molecule has 29 heavy (non-hydrogen) atoms. The van der Waals surface area contributed by atoms with Crippen LogP contribution in [0.25, 0.3) is 0 Å². The van der Waals surface area contributed by atoms with Crippen molar-refractivity contribution in [1.82, 2.24) is 9.62 Å². The van der Waals surface area contributed by atoms with Gasteiger partial charge in [-0.25, -0.2) is 12.8 Å². The van der Waals surface area contributed by atoms with E-state index in [-0.39, 0.29) is 17.9 Å². The zero-order chi connectivity index (χ0) is 20.9. The Labute approximate surface area is 171 Å². The summed E-state index contributed by atoms with van der Waals surface area (Å²) in [6, 6.07) is 13.6.